The number of carbonyl (C=O) groups excluding carboxylic acids is 1. The van der Waals surface area contributed by atoms with Gasteiger partial charge in [0.05, 0.1) is 18.8 Å². The molecule has 0 amide bonds. The van der Waals surface area contributed by atoms with Gasteiger partial charge in [0.2, 0.25) is 0 Å². The van der Waals surface area contributed by atoms with Gasteiger partial charge < -0.3 is 15.2 Å². The summed E-state index contributed by atoms with van der Waals surface area (Å²) >= 11 is 0. The molecule has 2 aromatic carbocycles. The molecule has 0 aliphatic carbocycles. The van der Waals surface area contributed by atoms with Crippen molar-refractivity contribution in [2.75, 3.05) is 13.7 Å². The Morgan fingerprint density at radius 1 is 1.13 bits per heavy atom. The van der Waals surface area contributed by atoms with Crippen molar-refractivity contribution in [3.63, 3.8) is 0 Å². The molecule has 0 unspecified atom stereocenters. The second-order valence-electron chi connectivity index (χ2n) is 5.63. The van der Waals surface area contributed by atoms with Gasteiger partial charge in [-0.3, -0.25) is 0 Å². The smallest absolute Gasteiger partial charge is 0.337 e. The van der Waals surface area contributed by atoms with Gasteiger partial charge in [-0.25, -0.2) is 4.79 Å². The fraction of sp³-hybridized carbons (Fsp3) is 0.316. The standard InChI is InChI=1S/C19H23NO3/c1-14(20-13-18(21)16-6-4-3-5-7-16)12-15-8-10-17(11-9-15)19(22)23-2/h3-11,14,18,20-21H,12-13H2,1-2H3/t14-,18+/m1/s1. The predicted octanol–water partition coefficient (Wildman–Crippen LogP) is 2.73. The highest BCUT2D eigenvalue weighted by molar-refractivity contribution is 5.89. The highest BCUT2D eigenvalue weighted by Gasteiger charge is 2.10. The van der Waals surface area contributed by atoms with Crippen molar-refractivity contribution in [3.8, 4) is 0 Å². The highest BCUT2D eigenvalue weighted by atomic mass is 16.5. The fourth-order valence-corrected chi connectivity index (χ4v) is 2.43. The van der Waals surface area contributed by atoms with E-state index in [1.165, 1.54) is 7.11 Å². The quantitative estimate of drug-likeness (QED) is 0.772. The lowest BCUT2D eigenvalue weighted by Gasteiger charge is -2.17. The van der Waals surface area contributed by atoms with Gasteiger partial charge >= 0.3 is 5.97 Å². The second-order valence-corrected chi connectivity index (χ2v) is 5.63. The molecule has 2 aromatic rings. The van der Waals surface area contributed by atoms with Crippen molar-refractivity contribution >= 4 is 5.97 Å². The first-order valence-electron chi connectivity index (χ1n) is 7.74. The number of nitrogens with one attached hydrogen (secondary N) is 1. The van der Waals surface area contributed by atoms with Gasteiger partial charge in [-0.05, 0) is 36.6 Å². The topological polar surface area (TPSA) is 58.6 Å². The van der Waals surface area contributed by atoms with E-state index in [1.807, 2.05) is 42.5 Å². The zero-order valence-electron chi connectivity index (χ0n) is 13.5. The molecule has 2 rings (SSSR count). The number of benzene rings is 2. The number of esters is 1. The summed E-state index contributed by atoms with van der Waals surface area (Å²) in [5.74, 6) is -0.325. The molecule has 0 heterocycles. The summed E-state index contributed by atoms with van der Waals surface area (Å²) < 4.78 is 4.69. The highest BCUT2D eigenvalue weighted by Crippen LogP contribution is 2.12. The third-order valence-electron chi connectivity index (χ3n) is 3.76. The molecule has 0 spiro atoms. The first-order valence-corrected chi connectivity index (χ1v) is 7.74. The van der Waals surface area contributed by atoms with Crippen LogP contribution in [-0.2, 0) is 11.2 Å². The van der Waals surface area contributed by atoms with Gasteiger partial charge in [0.25, 0.3) is 0 Å². The molecule has 0 bridgehead atoms. The Hall–Kier alpha value is -2.17. The number of methoxy groups -OCH3 is 1. The van der Waals surface area contributed by atoms with E-state index in [9.17, 15) is 9.90 Å². The molecule has 2 N–H and O–H groups in total. The van der Waals surface area contributed by atoms with E-state index in [4.69, 9.17) is 0 Å². The molecular formula is C19H23NO3. The van der Waals surface area contributed by atoms with Crippen LogP contribution >= 0.6 is 0 Å². The monoisotopic (exact) mass is 313 g/mol. The zero-order chi connectivity index (χ0) is 16.7. The van der Waals surface area contributed by atoms with Crippen molar-refractivity contribution in [1.82, 2.24) is 5.32 Å². The molecule has 0 aliphatic heterocycles. The molecule has 0 radical (unpaired) electrons. The van der Waals surface area contributed by atoms with Crippen LogP contribution in [-0.4, -0.2) is 30.8 Å². The average Bonchev–Trinajstić information content (AvgIpc) is 2.60. The van der Waals surface area contributed by atoms with Crippen LogP contribution in [0.3, 0.4) is 0 Å². The first kappa shape index (κ1) is 17.2. The van der Waals surface area contributed by atoms with Crippen LogP contribution in [0.15, 0.2) is 54.6 Å². The second kappa shape index (κ2) is 8.46. The van der Waals surface area contributed by atoms with Crippen LogP contribution in [0, 0.1) is 0 Å². The van der Waals surface area contributed by atoms with Crippen molar-refractivity contribution in [2.45, 2.75) is 25.5 Å². The third-order valence-corrected chi connectivity index (χ3v) is 3.76. The van der Waals surface area contributed by atoms with E-state index in [0.29, 0.717) is 12.1 Å². The van der Waals surface area contributed by atoms with Crippen LogP contribution in [0.1, 0.15) is 34.5 Å². The van der Waals surface area contributed by atoms with Gasteiger partial charge in [0.15, 0.2) is 0 Å². The number of hydrogen-bond donors (Lipinski definition) is 2. The number of aliphatic hydroxyl groups is 1. The minimum Gasteiger partial charge on any atom is -0.465 e. The van der Waals surface area contributed by atoms with Crippen LogP contribution < -0.4 is 5.32 Å². The lowest BCUT2D eigenvalue weighted by molar-refractivity contribution is 0.0600. The van der Waals surface area contributed by atoms with Gasteiger partial charge in [-0.1, -0.05) is 42.5 Å². The van der Waals surface area contributed by atoms with Crippen molar-refractivity contribution in [3.05, 3.63) is 71.3 Å². The van der Waals surface area contributed by atoms with Crippen molar-refractivity contribution < 1.29 is 14.6 Å². The van der Waals surface area contributed by atoms with Gasteiger partial charge in [0, 0.05) is 12.6 Å². The minimum absolute atomic E-state index is 0.220. The number of aliphatic hydroxyl groups excluding tert-OH is 1. The molecule has 0 aliphatic rings. The minimum atomic E-state index is -0.514. The van der Waals surface area contributed by atoms with Crippen LogP contribution in [0.5, 0.6) is 0 Å². The third kappa shape index (κ3) is 5.20. The van der Waals surface area contributed by atoms with E-state index in [-0.39, 0.29) is 12.0 Å². The molecular weight excluding hydrogens is 290 g/mol. The number of ether oxygens (including phenoxy) is 1. The number of carbonyl (C=O) groups is 1. The van der Waals surface area contributed by atoms with Gasteiger partial charge in [0.1, 0.15) is 0 Å². The Labute approximate surface area is 137 Å². The summed E-state index contributed by atoms with van der Waals surface area (Å²) in [5.41, 5.74) is 2.60. The average molecular weight is 313 g/mol. The lowest BCUT2D eigenvalue weighted by Crippen LogP contribution is -2.32. The van der Waals surface area contributed by atoms with Gasteiger partial charge in [-0.15, -0.1) is 0 Å². The fourth-order valence-electron chi connectivity index (χ4n) is 2.43. The first-order chi connectivity index (χ1) is 11.1. The van der Waals surface area contributed by atoms with E-state index in [2.05, 4.69) is 17.0 Å². The molecule has 0 aromatic heterocycles. The molecule has 122 valence electrons. The molecule has 2 atom stereocenters. The Balaban J connectivity index is 1.82. The maximum Gasteiger partial charge on any atom is 0.337 e. The summed E-state index contributed by atoms with van der Waals surface area (Å²) in [6.07, 6.45) is 0.309. The van der Waals surface area contributed by atoms with Crippen molar-refractivity contribution in [1.29, 1.82) is 0 Å². The Kier molecular flexibility index (Phi) is 6.32. The molecule has 4 nitrogen and oxygen atoms in total. The molecule has 0 saturated carbocycles. The maximum absolute atomic E-state index is 11.4. The Morgan fingerprint density at radius 2 is 1.78 bits per heavy atom. The maximum atomic E-state index is 11.4. The summed E-state index contributed by atoms with van der Waals surface area (Å²) in [5, 5.41) is 13.5. The molecule has 0 saturated heterocycles. The van der Waals surface area contributed by atoms with E-state index in [0.717, 1.165) is 17.5 Å². The number of hydrogen-bond acceptors (Lipinski definition) is 4. The lowest BCUT2D eigenvalue weighted by atomic mass is 10.0. The summed E-state index contributed by atoms with van der Waals surface area (Å²) in [7, 11) is 1.38. The molecule has 23 heavy (non-hydrogen) atoms. The zero-order valence-corrected chi connectivity index (χ0v) is 13.5. The molecule has 4 heteroatoms. The van der Waals surface area contributed by atoms with Crippen LogP contribution in [0.4, 0.5) is 0 Å². The molecule has 0 fully saturated rings. The summed E-state index contributed by atoms with van der Waals surface area (Å²) in [6.45, 7) is 2.58. The van der Waals surface area contributed by atoms with E-state index < -0.39 is 6.10 Å². The normalized spacial score (nSPS) is 13.3. The van der Waals surface area contributed by atoms with Crippen LogP contribution in [0.2, 0.25) is 0 Å². The Bertz CT molecular complexity index is 610. The summed E-state index contributed by atoms with van der Waals surface area (Å²) in [4.78, 5) is 11.4. The number of rotatable bonds is 7. The largest absolute Gasteiger partial charge is 0.465 e. The van der Waals surface area contributed by atoms with Crippen LogP contribution in [0.25, 0.3) is 0 Å². The van der Waals surface area contributed by atoms with Crippen molar-refractivity contribution in [2.24, 2.45) is 0 Å². The van der Waals surface area contributed by atoms with E-state index in [1.54, 1.807) is 12.1 Å². The van der Waals surface area contributed by atoms with E-state index >= 15 is 0 Å². The summed E-state index contributed by atoms with van der Waals surface area (Å²) in [6, 6.07) is 17.2. The van der Waals surface area contributed by atoms with Gasteiger partial charge in [-0.2, -0.15) is 0 Å². The Morgan fingerprint density at radius 3 is 2.39 bits per heavy atom. The predicted molar refractivity (Wildman–Crippen MR) is 90.4 cm³/mol. The SMILES string of the molecule is COC(=O)c1ccc(C[C@@H](C)NC[C@H](O)c2ccccc2)cc1.